The van der Waals surface area contributed by atoms with Gasteiger partial charge in [0.05, 0.1) is 11.4 Å². The second-order valence-corrected chi connectivity index (χ2v) is 11.9. The average molecular weight is 611 g/mol. The number of amidine groups is 1. The Hall–Kier alpha value is -4.71. The van der Waals surface area contributed by atoms with E-state index in [1.807, 2.05) is 69.3 Å². The van der Waals surface area contributed by atoms with Gasteiger partial charge in [-0.25, -0.2) is 0 Å². The van der Waals surface area contributed by atoms with Crippen LogP contribution in [0.4, 0.5) is 11.4 Å². The van der Waals surface area contributed by atoms with Gasteiger partial charge >= 0.3 is 0 Å². The molecular weight excluding hydrogens is 576 g/mol. The number of tetrazole rings is 1. The molecule has 3 heterocycles. The highest BCUT2D eigenvalue weighted by Gasteiger charge is 2.42. The number of ether oxygens (including phenoxy) is 1. The topological polar surface area (TPSA) is 118 Å². The summed E-state index contributed by atoms with van der Waals surface area (Å²) < 4.78 is 7.68. The van der Waals surface area contributed by atoms with Crippen LogP contribution >= 0.6 is 11.8 Å². The van der Waals surface area contributed by atoms with Crippen molar-refractivity contribution in [2.75, 3.05) is 23.4 Å². The van der Waals surface area contributed by atoms with Crippen molar-refractivity contribution in [2.45, 2.75) is 56.5 Å². The predicted octanol–water partition coefficient (Wildman–Crippen LogP) is 4.99. The number of benzene rings is 3. The molecule has 2 aliphatic rings. The van der Waals surface area contributed by atoms with Gasteiger partial charge in [-0.15, -0.1) is 5.10 Å². The van der Waals surface area contributed by atoms with Crippen molar-refractivity contribution in [3.63, 3.8) is 0 Å². The van der Waals surface area contributed by atoms with Gasteiger partial charge in [0.25, 0.3) is 11.8 Å². The van der Waals surface area contributed by atoms with E-state index < -0.39 is 11.4 Å². The van der Waals surface area contributed by atoms with Crippen molar-refractivity contribution < 1.29 is 14.3 Å². The molecule has 1 fully saturated rings. The molecule has 6 rings (SSSR count). The Bertz CT molecular complexity index is 1670. The number of hydrogen-bond donors (Lipinski definition) is 1. The van der Waals surface area contributed by atoms with Gasteiger partial charge in [0, 0.05) is 18.8 Å². The Balaban J connectivity index is 1.18. The molecule has 1 N–H and O–H groups in total. The number of nitrogens with zero attached hydrogens (tertiary/aromatic N) is 7. The van der Waals surface area contributed by atoms with Crippen LogP contribution < -0.4 is 15.1 Å². The second-order valence-electron chi connectivity index (χ2n) is 10.8. The number of amides is 2. The predicted molar refractivity (Wildman–Crippen MR) is 170 cm³/mol. The minimum Gasteiger partial charge on any atom is -0.480 e. The third kappa shape index (κ3) is 6.16. The second kappa shape index (κ2) is 12.9. The van der Waals surface area contributed by atoms with E-state index in [9.17, 15) is 9.59 Å². The smallest absolute Gasteiger partial charge is 0.268 e. The lowest BCUT2D eigenvalue weighted by atomic mass is 10.1. The van der Waals surface area contributed by atoms with E-state index in [0.29, 0.717) is 34.5 Å². The van der Waals surface area contributed by atoms with Gasteiger partial charge in [-0.3, -0.25) is 9.59 Å². The summed E-state index contributed by atoms with van der Waals surface area (Å²) in [5.74, 6) is 0.979. The molecule has 4 aromatic rings. The SMILES string of the molecule is CCC(Oc1ccc(C)cc1C)C(=O)Nc1ccc(N2N=C(N3CCCC3)C(Sc3nnnn3-c3ccccc3)C2=O)cc1. The number of likely N-dealkylation sites (tertiary alicyclic amines) is 1. The van der Waals surface area contributed by atoms with Crippen molar-refractivity contribution >= 4 is 40.8 Å². The highest BCUT2D eigenvalue weighted by Crippen LogP contribution is 2.34. The first-order chi connectivity index (χ1) is 21.4. The molecule has 0 bridgehead atoms. The number of hydrogen-bond acceptors (Lipinski definition) is 9. The van der Waals surface area contributed by atoms with E-state index in [4.69, 9.17) is 9.84 Å². The van der Waals surface area contributed by atoms with E-state index in [1.165, 1.54) is 16.8 Å². The zero-order valence-corrected chi connectivity index (χ0v) is 25.7. The lowest BCUT2D eigenvalue weighted by Crippen LogP contribution is -2.37. The molecule has 2 amide bonds. The fourth-order valence-electron chi connectivity index (χ4n) is 5.29. The number of hydrazone groups is 1. The van der Waals surface area contributed by atoms with Gasteiger partial charge in [-0.05, 0) is 91.6 Å². The average Bonchev–Trinajstić information content (AvgIpc) is 3.80. The Labute approximate surface area is 260 Å². The third-order valence-electron chi connectivity index (χ3n) is 7.61. The van der Waals surface area contributed by atoms with Gasteiger partial charge in [0.15, 0.2) is 11.4 Å². The first kappa shape index (κ1) is 29.4. The summed E-state index contributed by atoms with van der Waals surface area (Å²) in [5, 5.41) is 21.3. The monoisotopic (exact) mass is 610 g/mol. The molecule has 3 aromatic carbocycles. The number of aromatic nitrogens is 4. The molecule has 1 aromatic heterocycles. The third-order valence-corrected chi connectivity index (χ3v) is 8.72. The summed E-state index contributed by atoms with van der Waals surface area (Å²) in [6, 6.07) is 22.6. The van der Waals surface area contributed by atoms with Crippen molar-refractivity contribution in [3.05, 3.63) is 83.9 Å². The van der Waals surface area contributed by atoms with Crippen LogP contribution in [0.5, 0.6) is 5.75 Å². The van der Waals surface area contributed by atoms with Crippen LogP contribution in [0.15, 0.2) is 83.1 Å². The molecular formula is C32H34N8O3S. The first-order valence-corrected chi connectivity index (χ1v) is 15.6. The molecule has 0 radical (unpaired) electrons. The van der Waals surface area contributed by atoms with Crippen molar-refractivity contribution in [2.24, 2.45) is 5.10 Å². The van der Waals surface area contributed by atoms with Gasteiger partial charge in [0.1, 0.15) is 11.6 Å². The van der Waals surface area contributed by atoms with E-state index in [0.717, 1.165) is 42.7 Å². The maximum Gasteiger partial charge on any atom is 0.268 e. The van der Waals surface area contributed by atoms with Gasteiger partial charge in [0.2, 0.25) is 5.16 Å². The van der Waals surface area contributed by atoms with Crippen LogP contribution in [0.3, 0.4) is 0 Å². The van der Waals surface area contributed by atoms with Crippen molar-refractivity contribution in [3.8, 4) is 11.4 Å². The van der Waals surface area contributed by atoms with E-state index >= 15 is 0 Å². The van der Waals surface area contributed by atoms with Crippen LogP contribution in [0.1, 0.15) is 37.3 Å². The van der Waals surface area contributed by atoms with Crippen LogP contribution in [0, 0.1) is 13.8 Å². The van der Waals surface area contributed by atoms with Crippen molar-refractivity contribution in [1.82, 2.24) is 25.1 Å². The molecule has 2 atom stereocenters. The number of thioether (sulfide) groups is 1. The maximum atomic E-state index is 13.9. The lowest BCUT2D eigenvalue weighted by molar-refractivity contribution is -0.122. The maximum absolute atomic E-state index is 13.9. The Morgan fingerprint density at radius 3 is 2.48 bits per heavy atom. The number of rotatable bonds is 9. The fraction of sp³-hybridized carbons (Fsp3) is 0.312. The molecule has 0 spiro atoms. The number of para-hydroxylation sites is 1. The highest BCUT2D eigenvalue weighted by molar-refractivity contribution is 8.01. The van der Waals surface area contributed by atoms with Crippen LogP contribution in [-0.2, 0) is 9.59 Å². The summed E-state index contributed by atoms with van der Waals surface area (Å²) in [7, 11) is 0. The summed E-state index contributed by atoms with van der Waals surface area (Å²) >= 11 is 1.29. The minimum atomic E-state index is -0.644. The molecule has 12 heteroatoms. The van der Waals surface area contributed by atoms with Crippen LogP contribution in [0.25, 0.3) is 5.69 Å². The summed E-state index contributed by atoms with van der Waals surface area (Å²) in [6.45, 7) is 7.59. The van der Waals surface area contributed by atoms with E-state index in [2.05, 4.69) is 25.7 Å². The Kier molecular flexibility index (Phi) is 8.60. The number of carbonyl (C=O) groups excluding carboxylic acids is 2. The number of anilines is 2. The lowest BCUT2D eigenvalue weighted by Gasteiger charge is -2.20. The van der Waals surface area contributed by atoms with Crippen LogP contribution in [-0.4, -0.2) is 67.2 Å². The first-order valence-electron chi connectivity index (χ1n) is 14.7. The molecule has 226 valence electrons. The Morgan fingerprint density at radius 1 is 1.02 bits per heavy atom. The fourth-order valence-corrected chi connectivity index (χ4v) is 6.33. The van der Waals surface area contributed by atoms with Crippen molar-refractivity contribution in [1.29, 1.82) is 0 Å². The molecule has 1 saturated heterocycles. The van der Waals surface area contributed by atoms with E-state index in [1.54, 1.807) is 28.9 Å². The quantitative estimate of drug-likeness (QED) is 0.282. The number of nitrogens with one attached hydrogen (secondary N) is 1. The Morgan fingerprint density at radius 2 is 1.77 bits per heavy atom. The standard InChI is InChI=1S/C32H34N8O3S/c1-4-26(43-27-17-12-21(2)20-22(27)3)30(41)33-23-13-15-25(16-14-23)39-31(42)28(29(35-39)38-18-8-9-19-38)44-32-34-36-37-40(32)24-10-6-5-7-11-24/h5-7,10-17,20,26,28H,4,8-9,18-19H2,1-3H3,(H,33,41). The zero-order chi connectivity index (χ0) is 30.6. The van der Waals surface area contributed by atoms with Gasteiger partial charge in [-0.1, -0.05) is 54.6 Å². The summed E-state index contributed by atoms with van der Waals surface area (Å²) in [6.07, 6.45) is 1.97. The molecule has 0 saturated carbocycles. The van der Waals surface area contributed by atoms with Gasteiger partial charge < -0.3 is 15.0 Å². The normalized spacial score (nSPS) is 17.1. The minimum absolute atomic E-state index is 0.177. The largest absolute Gasteiger partial charge is 0.480 e. The molecule has 2 aliphatic heterocycles. The zero-order valence-electron chi connectivity index (χ0n) is 24.9. The summed E-state index contributed by atoms with van der Waals surface area (Å²) in [5.41, 5.74) is 4.14. The van der Waals surface area contributed by atoms with Gasteiger partial charge in [-0.2, -0.15) is 14.8 Å². The summed E-state index contributed by atoms with van der Waals surface area (Å²) in [4.78, 5) is 29.1. The van der Waals surface area contributed by atoms with E-state index in [-0.39, 0.29) is 11.8 Å². The molecule has 2 unspecified atom stereocenters. The highest BCUT2D eigenvalue weighted by atomic mass is 32.2. The number of carbonyl (C=O) groups is 2. The van der Waals surface area contributed by atoms with Crippen LogP contribution in [0.2, 0.25) is 0 Å². The number of aryl methyl sites for hydroxylation is 2. The molecule has 44 heavy (non-hydrogen) atoms. The molecule has 11 nitrogen and oxygen atoms in total. The molecule has 0 aliphatic carbocycles.